The lowest BCUT2D eigenvalue weighted by Gasteiger charge is -2.11. The van der Waals surface area contributed by atoms with Crippen LogP contribution in [0.5, 0.6) is 0 Å². The Morgan fingerprint density at radius 1 is 1.50 bits per heavy atom. The van der Waals surface area contributed by atoms with Gasteiger partial charge in [0.1, 0.15) is 5.82 Å². The van der Waals surface area contributed by atoms with E-state index in [1.165, 1.54) is 6.07 Å². The highest BCUT2D eigenvalue weighted by Gasteiger charge is 2.08. The van der Waals surface area contributed by atoms with Crippen molar-refractivity contribution in [3.63, 3.8) is 0 Å². The van der Waals surface area contributed by atoms with Crippen LogP contribution in [0.4, 0.5) is 16.0 Å². The molecule has 2 rings (SSSR count). The fourth-order valence-corrected chi connectivity index (χ4v) is 2.02. The molecule has 0 fully saturated rings. The number of nitrogens with zero attached hydrogens (tertiary/aromatic N) is 2. The van der Waals surface area contributed by atoms with Crippen LogP contribution in [0.3, 0.4) is 0 Å². The lowest BCUT2D eigenvalue weighted by Crippen LogP contribution is -2.08. The molecule has 1 aromatic heterocycles. The number of anilines is 2. The van der Waals surface area contributed by atoms with Crippen molar-refractivity contribution in [1.29, 1.82) is 0 Å². The van der Waals surface area contributed by atoms with Gasteiger partial charge in [-0.15, -0.1) is 0 Å². The predicted octanol–water partition coefficient (Wildman–Crippen LogP) is 3.02. The molecule has 4 nitrogen and oxygen atoms in total. The molecule has 0 unspecified atom stereocenters. The number of halogens is 2. The van der Waals surface area contributed by atoms with Crippen LogP contribution in [-0.4, -0.2) is 23.3 Å². The molecule has 0 spiro atoms. The highest BCUT2D eigenvalue weighted by molar-refractivity contribution is 14.1. The quantitative estimate of drug-likeness (QED) is 0.833. The summed E-state index contributed by atoms with van der Waals surface area (Å²) in [5, 5.41) is 3.12. The van der Waals surface area contributed by atoms with E-state index in [1.807, 2.05) is 39.4 Å². The molecule has 18 heavy (non-hydrogen) atoms. The van der Waals surface area contributed by atoms with Gasteiger partial charge in [0, 0.05) is 26.0 Å². The summed E-state index contributed by atoms with van der Waals surface area (Å²) in [6.07, 6.45) is 3.55. The summed E-state index contributed by atoms with van der Waals surface area (Å²) < 4.78 is 20.9. The Kier molecular flexibility index (Phi) is 4.54. The van der Waals surface area contributed by atoms with Gasteiger partial charge >= 0.3 is 0 Å². The van der Waals surface area contributed by atoms with Crippen LogP contribution in [0.25, 0.3) is 0 Å². The second-order valence-corrected chi connectivity index (χ2v) is 4.74. The number of nitrogens with one attached hydrogen (secondary N) is 1. The van der Waals surface area contributed by atoms with Crippen LogP contribution in [0.2, 0.25) is 0 Å². The third-order valence-corrected chi connectivity index (χ3v) is 3.55. The summed E-state index contributed by atoms with van der Waals surface area (Å²) in [4.78, 5) is 4.21. The number of benzene rings is 1. The average molecular weight is 361 g/mol. The first-order valence-corrected chi connectivity index (χ1v) is 6.51. The summed E-state index contributed by atoms with van der Waals surface area (Å²) in [5.41, 5.74) is 0.709. The smallest absolute Gasteiger partial charge is 0.207 e. The van der Waals surface area contributed by atoms with E-state index in [0.717, 1.165) is 0 Å². The molecule has 1 heterocycles. The van der Waals surface area contributed by atoms with Crippen LogP contribution in [0, 0.1) is 9.39 Å². The van der Waals surface area contributed by atoms with Crippen LogP contribution >= 0.6 is 22.6 Å². The van der Waals surface area contributed by atoms with Crippen LogP contribution in [-0.2, 0) is 11.3 Å². The van der Waals surface area contributed by atoms with Crippen LogP contribution in [0.1, 0.15) is 0 Å². The largest absolute Gasteiger partial charge is 0.383 e. The molecule has 0 atom stereocenters. The molecule has 2 aromatic rings. The highest BCUT2D eigenvalue weighted by Crippen LogP contribution is 2.23. The lowest BCUT2D eigenvalue weighted by molar-refractivity contribution is 0.188. The Bertz CT molecular complexity index is 530. The predicted molar refractivity (Wildman–Crippen MR) is 76.5 cm³/mol. The lowest BCUT2D eigenvalue weighted by atomic mass is 10.3. The number of aromatic nitrogens is 2. The second kappa shape index (κ2) is 6.14. The van der Waals surface area contributed by atoms with Crippen molar-refractivity contribution in [2.45, 2.75) is 6.54 Å². The summed E-state index contributed by atoms with van der Waals surface area (Å²) >= 11 is 1.97. The molecule has 0 saturated carbocycles. The van der Waals surface area contributed by atoms with Gasteiger partial charge in [-0.3, -0.25) is 0 Å². The van der Waals surface area contributed by atoms with E-state index in [0.29, 0.717) is 28.4 Å². The van der Waals surface area contributed by atoms with E-state index in [9.17, 15) is 4.39 Å². The van der Waals surface area contributed by atoms with Crippen molar-refractivity contribution < 1.29 is 9.13 Å². The van der Waals surface area contributed by atoms with Crippen LogP contribution < -0.4 is 5.32 Å². The third kappa shape index (κ3) is 2.99. The van der Waals surface area contributed by atoms with E-state index >= 15 is 0 Å². The Labute approximate surface area is 118 Å². The SMILES string of the molecule is COCCn1ccnc1Nc1cccc(F)c1I. The van der Waals surface area contributed by atoms with Crippen molar-refractivity contribution in [3.05, 3.63) is 40.0 Å². The summed E-state index contributed by atoms with van der Waals surface area (Å²) in [7, 11) is 1.65. The fraction of sp³-hybridized carbons (Fsp3) is 0.250. The number of methoxy groups -OCH3 is 1. The standard InChI is InChI=1S/C12H13FIN3O/c1-18-8-7-17-6-5-15-12(17)16-10-4-2-3-9(13)11(10)14/h2-6H,7-8H2,1H3,(H,15,16). The molecule has 1 aromatic carbocycles. The molecular formula is C12H13FIN3O. The van der Waals surface area contributed by atoms with E-state index in [-0.39, 0.29) is 5.82 Å². The van der Waals surface area contributed by atoms with E-state index < -0.39 is 0 Å². The molecule has 0 bridgehead atoms. The zero-order valence-corrected chi connectivity index (χ0v) is 12.0. The molecule has 0 radical (unpaired) electrons. The van der Waals surface area contributed by atoms with Gasteiger partial charge < -0.3 is 14.6 Å². The first-order valence-electron chi connectivity index (χ1n) is 5.43. The van der Waals surface area contributed by atoms with Gasteiger partial charge in [0.2, 0.25) is 5.95 Å². The normalized spacial score (nSPS) is 10.6. The van der Waals surface area contributed by atoms with Gasteiger partial charge in [-0.1, -0.05) is 6.07 Å². The molecule has 96 valence electrons. The third-order valence-electron chi connectivity index (χ3n) is 2.45. The molecule has 0 amide bonds. The maximum atomic E-state index is 13.4. The van der Waals surface area contributed by atoms with Gasteiger partial charge in [-0.25, -0.2) is 9.37 Å². The van der Waals surface area contributed by atoms with E-state index in [1.54, 1.807) is 19.4 Å². The molecule has 0 saturated heterocycles. The Balaban J connectivity index is 2.18. The maximum Gasteiger partial charge on any atom is 0.207 e. The van der Waals surface area contributed by atoms with Crippen molar-refractivity contribution >= 4 is 34.2 Å². The molecule has 0 aliphatic heterocycles. The van der Waals surface area contributed by atoms with Crippen molar-refractivity contribution in [2.75, 3.05) is 19.0 Å². The summed E-state index contributed by atoms with van der Waals surface area (Å²) in [5.74, 6) is 0.436. The number of imidazole rings is 1. The van der Waals surface area contributed by atoms with Gasteiger partial charge in [-0.2, -0.15) is 0 Å². The van der Waals surface area contributed by atoms with Crippen molar-refractivity contribution in [2.24, 2.45) is 0 Å². The summed E-state index contributed by atoms with van der Waals surface area (Å²) in [6.45, 7) is 1.30. The van der Waals surface area contributed by atoms with Gasteiger partial charge in [0.15, 0.2) is 0 Å². The Hall–Kier alpha value is -1.15. The van der Waals surface area contributed by atoms with Gasteiger partial charge in [-0.05, 0) is 34.7 Å². The van der Waals surface area contributed by atoms with Gasteiger partial charge in [0.25, 0.3) is 0 Å². The molecule has 1 N–H and O–H groups in total. The Morgan fingerprint density at radius 2 is 2.33 bits per heavy atom. The minimum atomic E-state index is -0.240. The maximum absolute atomic E-state index is 13.4. The fourth-order valence-electron chi connectivity index (χ4n) is 1.52. The first kappa shape index (κ1) is 13.3. The Morgan fingerprint density at radius 3 is 3.11 bits per heavy atom. The van der Waals surface area contributed by atoms with Gasteiger partial charge in [0.05, 0.1) is 15.9 Å². The average Bonchev–Trinajstić information content (AvgIpc) is 2.80. The number of hydrogen-bond acceptors (Lipinski definition) is 3. The molecular weight excluding hydrogens is 348 g/mol. The zero-order chi connectivity index (χ0) is 13.0. The topological polar surface area (TPSA) is 39.1 Å². The van der Waals surface area contributed by atoms with Crippen molar-refractivity contribution in [1.82, 2.24) is 9.55 Å². The number of hydrogen-bond donors (Lipinski definition) is 1. The molecule has 0 aliphatic rings. The number of rotatable bonds is 5. The minimum absolute atomic E-state index is 0.240. The van der Waals surface area contributed by atoms with E-state index in [4.69, 9.17) is 4.74 Å². The summed E-state index contributed by atoms with van der Waals surface area (Å²) in [6, 6.07) is 4.92. The monoisotopic (exact) mass is 361 g/mol. The second-order valence-electron chi connectivity index (χ2n) is 3.66. The van der Waals surface area contributed by atoms with E-state index in [2.05, 4.69) is 10.3 Å². The van der Waals surface area contributed by atoms with Crippen molar-refractivity contribution in [3.8, 4) is 0 Å². The zero-order valence-electron chi connectivity index (χ0n) is 9.86. The number of ether oxygens (including phenoxy) is 1. The first-order chi connectivity index (χ1) is 8.72. The highest BCUT2D eigenvalue weighted by atomic mass is 127. The minimum Gasteiger partial charge on any atom is -0.383 e. The molecule has 6 heteroatoms. The van der Waals surface area contributed by atoms with Crippen LogP contribution in [0.15, 0.2) is 30.6 Å². The molecule has 0 aliphatic carbocycles.